The zero-order valence-electron chi connectivity index (χ0n) is 8.57. The number of nitrogens with one attached hydrogen (secondary N) is 1. The van der Waals surface area contributed by atoms with Crippen LogP contribution in [0.4, 0.5) is 0 Å². The molecule has 2 aromatic rings. The maximum Gasteiger partial charge on any atom is 0.251 e. The van der Waals surface area contributed by atoms with E-state index in [0.717, 1.165) is 0 Å². The molecule has 0 amide bonds. The summed E-state index contributed by atoms with van der Waals surface area (Å²) in [7, 11) is 0. The van der Waals surface area contributed by atoms with E-state index in [1.807, 2.05) is 0 Å². The summed E-state index contributed by atoms with van der Waals surface area (Å²) in [4.78, 5) is 17.9. The molecule has 0 atom stereocenters. The number of rotatable bonds is 1. The van der Waals surface area contributed by atoms with Crippen LogP contribution in [0.1, 0.15) is 0 Å². The highest BCUT2D eigenvalue weighted by atomic mass is 35.5. The van der Waals surface area contributed by atoms with Crippen LogP contribution < -0.4 is 15.0 Å². The van der Waals surface area contributed by atoms with E-state index in [4.69, 9.17) is 21.1 Å². The van der Waals surface area contributed by atoms with Gasteiger partial charge in [-0.1, -0.05) is 11.6 Å². The first-order valence-electron chi connectivity index (χ1n) is 4.89. The summed E-state index contributed by atoms with van der Waals surface area (Å²) in [5, 5.41) is 0.432. The third-order valence-electron chi connectivity index (χ3n) is 2.37. The number of ether oxygens (including phenoxy) is 2. The molecule has 0 saturated heterocycles. The highest BCUT2D eigenvalue weighted by Gasteiger charge is 2.19. The fraction of sp³-hybridized carbons (Fsp3) is 0.0909. The fourth-order valence-electron chi connectivity index (χ4n) is 1.62. The average molecular weight is 251 g/mol. The van der Waals surface area contributed by atoms with Crippen LogP contribution in [0, 0.1) is 0 Å². The van der Waals surface area contributed by atoms with Gasteiger partial charge >= 0.3 is 0 Å². The normalized spacial score (nSPS) is 12.8. The van der Waals surface area contributed by atoms with Crippen molar-refractivity contribution in [3.05, 3.63) is 39.8 Å². The van der Waals surface area contributed by atoms with Gasteiger partial charge in [-0.15, -0.1) is 0 Å². The molecule has 86 valence electrons. The van der Waals surface area contributed by atoms with E-state index in [9.17, 15) is 4.79 Å². The van der Waals surface area contributed by atoms with E-state index >= 15 is 0 Å². The largest absolute Gasteiger partial charge is 0.454 e. The summed E-state index contributed by atoms with van der Waals surface area (Å²) in [6.45, 7) is 0.150. The lowest BCUT2D eigenvalue weighted by atomic mass is 10.2. The Morgan fingerprint density at radius 3 is 3.06 bits per heavy atom. The SMILES string of the molecule is O=c1ccnc(-c2cc(Cl)c3c(c2)OCO3)[nH]1. The summed E-state index contributed by atoms with van der Waals surface area (Å²) in [6, 6.07) is 4.75. The molecule has 0 spiro atoms. The minimum Gasteiger partial charge on any atom is -0.454 e. The number of halogens is 1. The first-order chi connectivity index (χ1) is 8.24. The average Bonchev–Trinajstić information content (AvgIpc) is 2.77. The molecule has 17 heavy (non-hydrogen) atoms. The Hall–Kier alpha value is -2.01. The molecule has 0 unspecified atom stereocenters. The van der Waals surface area contributed by atoms with Crippen LogP contribution in [0.3, 0.4) is 0 Å². The Balaban J connectivity index is 2.16. The number of aromatic nitrogens is 2. The van der Waals surface area contributed by atoms with Gasteiger partial charge in [0.1, 0.15) is 5.82 Å². The number of hydrogen-bond donors (Lipinski definition) is 1. The van der Waals surface area contributed by atoms with E-state index in [0.29, 0.717) is 27.9 Å². The molecule has 5 nitrogen and oxygen atoms in total. The van der Waals surface area contributed by atoms with Crippen LogP contribution in [0.15, 0.2) is 29.2 Å². The van der Waals surface area contributed by atoms with Crippen molar-refractivity contribution in [3.63, 3.8) is 0 Å². The molecule has 1 aromatic heterocycles. The monoisotopic (exact) mass is 250 g/mol. The van der Waals surface area contributed by atoms with Crippen LogP contribution in [0.25, 0.3) is 11.4 Å². The fourth-order valence-corrected chi connectivity index (χ4v) is 1.89. The minimum absolute atomic E-state index is 0.150. The number of benzene rings is 1. The molecule has 0 saturated carbocycles. The van der Waals surface area contributed by atoms with Gasteiger partial charge in [0.25, 0.3) is 5.56 Å². The molecule has 0 bridgehead atoms. The molecule has 0 radical (unpaired) electrons. The van der Waals surface area contributed by atoms with Crippen LogP contribution in [-0.4, -0.2) is 16.8 Å². The van der Waals surface area contributed by atoms with E-state index in [1.54, 1.807) is 12.1 Å². The van der Waals surface area contributed by atoms with Gasteiger partial charge < -0.3 is 14.5 Å². The maximum absolute atomic E-state index is 11.2. The van der Waals surface area contributed by atoms with Crippen molar-refractivity contribution in [2.75, 3.05) is 6.79 Å². The van der Waals surface area contributed by atoms with Crippen LogP contribution >= 0.6 is 11.6 Å². The van der Waals surface area contributed by atoms with Gasteiger partial charge in [0.15, 0.2) is 11.5 Å². The first kappa shape index (κ1) is 10.2. The molecule has 1 aliphatic heterocycles. The second-order valence-electron chi connectivity index (χ2n) is 3.47. The van der Waals surface area contributed by atoms with Crippen molar-refractivity contribution in [1.29, 1.82) is 0 Å². The number of fused-ring (bicyclic) bond motifs is 1. The van der Waals surface area contributed by atoms with Crippen LogP contribution in [0.2, 0.25) is 5.02 Å². The second-order valence-corrected chi connectivity index (χ2v) is 3.88. The molecule has 1 N–H and O–H groups in total. The minimum atomic E-state index is -0.219. The van der Waals surface area contributed by atoms with Crippen LogP contribution in [-0.2, 0) is 0 Å². The maximum atomic E-state index is 11.2. The smallest absolute Gasteiger partial charge is 0.251 e. The first-order valence-corrected chi connectivity index (χ1v) is 5.27. The molecule has 0 fully saturated rings. The molecule has 1 aliphatic rings. The molecule has 2 heterocycles. The lowest BCUT2D eigenvalue weighted by Gasteiger charge is -2.03. The van der Waals surface area contributed by atoms with Crippen LogP contribution in [0.5, 0.6) is 11.5 Å². The summed E-state index contributed by atoms with van der Waals surface area (Å²) >= 11 is 6.04. The Morgan fingerprint density at radius 1 is 1.35 bits per heavy atom. The lowest BCUT2D eigenvalue weighted by Crippen LogP contribution is -2.05. The van der Waals surface area contributed by atoms with Gasteiger partial charge in [0, 0.05) is 17.8 Å². The van der Waals surface area contributed by atoms with Gasteiger partial charge in [-0.3, -0.25) is 4.79 Å². The van der Waals surface area contributed by atoms with Crippen molar-refractivity contribution >= 4 is 11.6 Å². The van der Waals surface area contributed by atoms with Gasteiger partial charge in [-0.2, -0.15) is 0 Å². The Morgan fingerprint density at radius 2 is 2.24 bits per heavy atom. The molecule has 1 aromatic carbocycles. The summed E-state index contributed by atoms with van der Waals surface area (Å²) < 4.78 is 10.4. The molecular formula is C11H7ClN2O3. The standard InChI is InChI=1S/C11H7ClN2O3/c12-7-3-6(4-8-10(7)17-5-16-8)11-13-2-1-9(15)14-11/h1-4H,5H2,(H,13,14,15). The highest BCUT2D eigenvalue weighted by Crippen LogP contribution is 2.41. The lowest BCUT2D eigenvalue weighted by molar-refractivity contribution is 0.174. The zero-order chi connectivity index (χ0) is 11.8. The number of hydrogen-bond acceptors (Lipinski definition) is 4. The van der Waals surface area contributed by atoms with E-state index in [1.165, 1.54) is 12.3 Å². The van der Waals surface area contributed by atoms with Crippen molar-refractivity contribution < 1.29 is 9.47 Å². The van der Waals surface area contributed by atoms with Crippen molar-refractivity contribution in [1.82, 2.24) is 9.97 Å². The van der Waals surface area contributed by atoms with Crippen molar-refractivity contribution in [2.24, 2.45) is 0 Å². The predicted molar refractivity (Wildman–Crippen MR) is 61.4 cm³/mol. The third kappa shape index (κ3) is 1.74. The Kier molecular flexibility index (Phi) is 2.26. The van der Waals surface area contributed by atoms with Gasteiger partial charge in [0.05, 0.1) is 5.02 Å². The van der Waals surface area contributed by atoms with Gasteiger partial charge in [0.2, 0.25) is 6.79 Å². The third-order valence-corrected chi connectivity index (χ3v) is 2.65. The predicted octanol–water partition coefficient (Wildman–Crippen LogP) is 1.82. The summed E-state index contributed by atoms with van der Waals surface area (Å²) in [5.41, 5.74) is 0.459. The highest BCUT2D eigenvalue weighted by molar-refractivity contribution is 6.32. The molecule has 0 aliphatic carbocycles. The molecule has 6 heteroatoms. The van der Waals surface area contributed by atoms with E-state index in [2.05, 4.69) is 9.97 Å². The number of nitrogens with zero attached hydrogens (tertiary/aromatic N) is 1. The van der Waals surface area contributed by atoms with E-state index in [-0.39, 0.29) is 12.4 Å². The van der Waals surface area contributed by atoms with Crippen molar-refractivity contribution in [2.45, 2.75) is 0 Å². The van der Waals surface area contributed by atoms with Crippen molar-refractivity contribution in [3.8, 4) is 22.9 Å². The zero-order valence-corrected chi connectivity index (χ0v) is 9.32. The number of H-pyrrole nitrogens is 1. The molecular weight excluding hydrogens is 244 g/mol. The van der Waals surface area contributed by atoms with Gasteiger partial charge in [-0.25, -0.2) is 4.98 Å². The summed E-state index contributed by atoms with van der Waals surface area (Å²) in [6.07, 6.45) is 1.44. The van der Waals surface area contributed by atoms with Gasteiger partial charge in [-0.05, 0) is 12.1 Å². The second kappa shape index (κ2) is 3.78. The molecule has 3 rings (SSSR count). The van der Waals surface area contributed by atoms with E-state index < -0.39 is 0 Å². The number of aromatic amines is 1. The topological polar surface area (TPSA) is 64.2 Å². The Bertz CT molecular complexity index is 639. The Labute approximate surface area is 101 Å². The quantitative estimate of drug-likeness (QED) is 0.839. The summed E-state index contributed by atoms with van der Waals surface area (Å²) in [5.74, 6) is 1.52.